The molecule has 0 saturated heterocycles. The van der Waals surface area contributed by atoms with Gasteiger partial charge in [0.15, 0.2) is 0 Å². The number of rotatable bonds is 2. The van der Waals surface area contributed by atoms with Gasteiger partial charge < -0.3 is 14.8 Å². The number of benzene rings is 2. The Morgan fingerprint density at radius 2 is 1.95 bits per heavy atom. The SMILES string of the molecule is CCOC(=O)NC1c2ccccc2Oc2c(C)cccc21. The number of carbonyl (C=O) groups excluding carboxylic acids is 1. The first-order chi connectivity index (χ1) is 10.2. The normalized spacial score (nSPS) is 15.4. The maximum atomic E-state index is 11.8. The highest BCUT2D eigenvalue weighted by Gasteiger charge is 2.29. The van der Waals surface area contributed by atoms with Gasteiger partial charge in [-0.05, 0) is 25.5 Å². The first kappa shape index (κ1) is 13.5. The average molecular weight is 283 g/mol. The number of alkyl carbamates (subject to hydrolysis) is 1. The Labute approximate surface area is 123 Å². The molecule has 1 aliphatic rings. The molecule has 1 amide bonds. The molecule has 1 heterocycles. The third-order valence-corrected chi connectivity index (χ3v) is 3.53. The number of fused-ring (bicyclic) bond motifs is 2. The van der Waals surface area contributed by atoms with Crippen molar-refractivity contribution in [2.75, 3.05) is 6.61 Å². The van der Waals surface area contributed by atoms with Crippen molar-refractivity contribution in [2.45, 2.75) is 19.9 Å². The number of carbonyl (C=O) groups is 1. The van der Waals surface area contributed by atoms with E-state index in [1.54, 1.807) is 6.92 Å². The summed E-state index contributed by atoms with van der Waals surface area (Å²) in [5.74, 6) is 1.57. The number of amides is 1. The van der Waals surface area contributed by atoms with Crippen molar-refractivity contribution < 1.29 is 14.3 Å². The Balaban J connectivity index is 2.06. The molecule has 0 fully saturated rings. The Morgan fingerprint density at radius 1 is 1.19 bits per heavy atom. The lowest BCUT2D eigenvalue weighted by molar-refractivity contribution is 0.149. The minimum absolute atomic E-state index is 0.260. The van der Waals surface area contributed by atoms with Gasteiger partial charge in [0, 0.05) is 11.1 Å². The Kier molecular flexibility index (Phi) is 3.52. The second kappa shape index (κ2) is 5.48. The number of hydrogen-bond acceptors (Lipinski definition) is 3. The van der Waals surface area contributed by atoms with Gasteiger partial charge in [0.1, 0.15) is 11.5 Å². The van der Waals surface area contributed by atoms with Gasteiger partial charge in [-0.1, -0.05) is 36.4 Å². The molecule has 3 rings (SSSR count). The molecule has 108 valence electrons. The van der Waals surface area contributed by atoms with Gasteiger partial charge in [0.05, 0.1) is 12.6 Å². The van der Waals surface area contributed by atoms with Crippen LogP contribution in [-0.2, 0) is 4.74 Å². The lowest BCUT2D eigenvalue weighted by atomic mass is 9.93. The van der Waals surface area contributed by atoms with E-state index in [9.17, 15) is 4.79 Å². The van der Waals surface area contributed by atoms with Crippen LogP contribution in [0.5, 0.6) is 11.5 Å². The van der Waals surface area contributed by atoms with Gasteiger partial charge in [-0.25, -0.2) is 4.79 Å². The monoisotopic (exact) mass is 283 g/mol. The fourth-order valence-corrected chi connectivity index (χ4v) is 2.58. The highest BCUT2D eigenvalue weighted by molar-refractivity contribution is 5.70. The molecule has 4 heteroatoms. The molecular weight excluding hydrogens is 266 g/mol. The van der Waals surface area contributed by atoms with Gasteiger partial charge >= 0.3 is 6.09 Å². The van der Waals surface area contributed by atoms with Gasteiger partial charge in [0.2, 0.25) is 0 Å². The number of ether oxygens (including phenoxy) is 2. The second-order valence-corrected chi connectivity index (χ2v) is 4.93. The summed E-state index contributed by atoms with van der Waals surface area (Å²) in [6, 6.07) is 13.4. The van der Waals surface area contributed by atoms with Crippen LogP contribution >= 0.6 is 0 Å². The van der Waals surface area contributed by atoms with E-state index in [-0.39, 0.29) is 6.04 Å². The van der Waals surface area contributed by atoms with Crippen LogP contribution in [0.25, 0.3) is 0 Å². The summed E-state index contributed by atoms with van der Waals surface area (Å²) in [5.41, 5.74) is 2.92. The smallest absolute Gasteiger partial charge is 0.407 e. The molecule has 0 radical (unpaired) electrons. The minimum Gasteiger partial charge on any atom is -0.456 e. The molecule has 4 nitrogen and oxygen atoms in total. The molecule has 0 bridgehead atoms. The molecule has 2 aromatic rings. The largest absolute Gasteiger partial charge is 0.456 e. The predicted octanol–water partition coefficient (Wildman–Crippen LogP) is 3.94. The van der Waals surface area contributed by atoms with Crippen LogP contribution in [0, 0.1) is 6.92 Å². The number of aryl methyl sites for hydroxylation is 1. The lowest BCUT2D eigenvalue weighted by Crippen LogP contribution is -2.31. The van der Waals surface area contributed by atoms with Crippen molar-refractivity contribution in [1.29, 1.82) is 0 Å². The van der Waals surface area contributed by atoms with Crippen molar-refractivity contribution in [3.8, 4) is 11.5 Å². The zero-order valence-corrected chi connectivity index (χ0v) is 12.1. The summed E-state index contributed by atoms with van der Waals surface area (Å²) in [6.45, 7) is 4.13. The van der Waals surface area contributed by atoms with Gasteiger partial charge in [-0.2, -0.15) is 0 Å². The molecule has 0 aromatic heterocycles. The third-order valence-electron chi connectivity index (χ3n) is 3.53. The van der Waals surface area contributed by atoms with Crippen LogP contribution in [0.1, 0.15) is 29.7 Å². The Morgan fingerprint density at radius 3 is 2.76 bits per heavy atom. The highest BCUT2D eigenvalue weighted by atomic mass is 16.5. The highest BCUT2D eigenvalue weighted by Crippen LogP contribution is 2.44. The van der Waals surface area contributed by atoms with Gasteiger partial charge in [-0.3, -0.25) is 0 Å². The van der Waals surface area contributed by atoms with Crippen LogP contribution in [0.15, 0.2) is 42.5 Å². The second-order valence-electron chi connectivity index (χ2n) is 4.93. The molecule has 1 aliphatic heterocycles. The maximum Gasteiger partial charge on any atom is 0.407 e. The molecule has 1 unspecified atom stereocenters. The average Bonchev–Trinajstić information content (AvgIpc) is 2.48. The summed E-state index contributed by atoms with van der Waals surface area (Å²) >= 11 is 0. The topological polar surface area (TPSA) is 47.6 Å². The standard InChI is InChI=1S/C17H17NO3/c1-3-20-17(19)18-15-12-8-4-5-10-14(12)21-16-11(2)7-6-9-13(15)16/h4-10,15H,3H2,1-2H3,(H,18,19). The first-order valence-electron chi connectivity index (χ1n) is 7.00. The van der Waals surface area contributed by atoms with E-state index in [0.29, 0.717) is 6.61 Å². The molecule has 0 aliphatic carbocycles. The Bertz CT molecular complexity index is 681. The van der Waals surface area contributed by atoms with Crippen molar-refractivity contribution in [3.05, 3.63) is 59.2 Å². The third kappa shape index (κ3) is 2.44. The number of nitrogens with one attached hydrogen (secondary N) is 1. The molecule has 1 N–H and O–H groups in total. The van der Waals surface area contributed by atoms with Crippen molar-refractivity contribution in [2.24, 2.45) is 0 Å². The molecule has 21 heavy (non-hydrogen) atoms. The van der Waals surface area contributed by atoms with E-state index < -0.39 is 6.09 Å². The van der Waals surface area contributed by atoms with Crippen LogP contribution in [-0.4, -0.2) is 12.7 Å². The summed E-state index contributed by atoms with van der Waals surface area (Å²) in [4.78, 5) is 11.8. The van der Waals surface area contributed by atoms with Crippen LogP contribution in [0.3, 0.4) is 0 Å². The van der Waals surface area contributed by atoms with E-state index in [1.165, 1.54) is 0 Å². The van der Waals surface area contributed by atoms with E-state index in [1.807, 2.05) is 49.4 Å². The Hall–Kier alpha value is -2.49. The van der Waals surface area contributed by atoms with Crippen molar-refractivity contribution >= 4 is 6.09 Å². The first-order valence-corrected chi connectivity index (χ1v) is 7.00. The van der Waals surface area contributed by atoms with Gasteiger partial charge in [-0.15, -0.1) is 0 Å². The lowest BCUT2D eigenvalue weighted by Gasteiger charge is -2.29. The molecule has 1 atom stereocenters. The van der Waals surface area contributed by atoms with E-state index >= 15 is 0 Å². The summed E-state index contributed by atoms with van der Waals surface area (Å²) in [7, 11) is 0. The molecule has 0 saturated carbocycles. The number of para-hydroxylation sites is 2. The quantitative estimate of drug-likeness (QED) is 0.908. The van der Waals surface area contributed by atoms with Crippen LogP contribution < -0.4 is 10.1 Å². The summed E-state index contributed by atoms with van der Waals surface area (Å²) < 4.78 is 11.0. The molecule has 2 aromatic carbocycles. The summed E-state index contributed by atoms with van der Waals surface area (Å²) in [6.07, 6.45) is -0.424. The predicted molar refractivity (Wildman–Crippen MR) is 79.7 cm³/mol. The van der Waals surface area contributed by atoms with Crippen LogP contribution in [0.4, 0.5) is 4.79 Å². The van der Waals surface area contributed by atoms with Crippen molar-refractivity contribution in [3.63, 3.8) is 0 Å². The fraction of sp³-hybridized carbons (Fsp3) is 0.235. The van der Waals surface area contributed by atoms with E-state index in [2.05, 4.69) is 5.32 Å². The van der Waals surface area contributed by atoms with E-state index in [0.717, 1.165) is 28.2 Å². The number of hydrogen-bond donors (Lipinski definition) is 1. The fourth-order valence-electron chi connectivity index (χ4n) is 2.58. The zero-order valence-electron chi connectivity index (χ0n) is 12.1. The van der Waals surface area contributed by atoms with Crippen molar-refractivity contribution in [1.82, 2.24) is 5.32 Å². The van der Waals surface area contributed by atoms with Gasteiger partial charge in [0.25, 0.3) is 0 Å². The molecular formula is C17H17NO3. The maximum absolute atomic E-state index is 11.8. The van der Waals surface area contributed by atoms with E-state index in [4.69, 9.17) is 9.47 Å². The summed E-state index contributed by atoms with van der Waals surface area (Å²) in [5, 5.41) is 2.92. The van der Waals surface area contributed by atoms with Crippen LogP contribution in [0.2, 0.25) is 0 Å². The minimum atomic E-state index is -0.424. The zero-order chi connectivity index (χ0) is 14.8. The molecule has 0 spiro atoms.